The Balaban J connectivity index is 2.20. The van der Waals surface area contributed by atoms with Crippen LogP contribution in [0.1, 0.15) is 16.8 Å². The van der Waals surface area contributed by atoms with E-state index in [9.17, 15) is 19.1 Å². The van der Waals surface area contributed by atoms with Gasteiger partial charge in [-0.05, 0) is 18.2 Å². The van der Waals surface area contributed by atoms with Crippen LogP contribution >= 0.6 is 0 Å². The summed E-state index contributed by atoms with van der Waals surface area (Å²) in [4.78, 5) is 25.0. The van der Waals surface area contributed by atoms with Crippen molar-refractivity contribution in [2.45, 2.75) is 12.0 Å². The lowest BCUT2D eigenvalue weighted by Crippen LogP contribution is -2.44. The van der Waals surface area contributed by atoms with Gasteiger partial charge in [0.1, 0.15) is 0 Å². The molecule has 1 saturated heterocycles. The lowest BCUT2D eigenvalue weighted by Gasteiger charge is -2.23. The van der Waals surface area contributed by atoms with Crippen LogP contribution in [-0.4, -0.2) is 54.8 Å². The smallest absolute Gasteiger partial charge is 0.337 e. The van der Waals surface area contributed by atoms with Crippen molar-refractivity contribution in [1.82, 2.24) is 4.90 Å². The molecule has 0 saturated carbocycles. The van der Waals surface area contributed by atoms with Gasteiger partial charge in [-0.1, -0.05) is 0 Å². The number of nitrogens with zero attached hydrogens (tertiary/aromatic N) is 1. The number of carboxylic acids is 1. The fourth-order valence-corrected chi connectivity index (χ4v) is 2.36. The number of ether oxygens (including phenoxy) is 2. The Bertz CT molecular complexity index is 576. The Hall–Kier alpha value is -2.15. The maximum absolute atomic E-state index is 13.3. The van der Waals surface area contributed by atoms with Gasteiger partial charge in [0.25, 0.3) is 5.91 Å². The minimum absolute atomic E-state index is 0.0312. The molecule has 1 aliphatic rings. The minimum atomic E-state index is -1.38. The van der Waals surface area contributed by atoms with Crippen LogP contribution in [0.15, 0.2) is 18.2 Å². The molecule has 1 atom stereocenters. The number of likely N-dealkylation sites (tertiary alicyclic amines) is 1. The molecule has 1 aliphatic heterocycles. The molecule has 0 bridgehead atoms. The van der Waals surface area contributed by atoms with Crippen LogP contribution in [0.5, 0.6) is 5.75 Å². The average molecular weight is 297 g/mol. The zero-order chi connectivity index (χ0) is 15.6. The lowest BCUT2D eigenvalue weighted by molar-refractivity contribution is -0.160. The van der Waals surface area contributed by atoms with Gasteiger partial charge in [0.15, 0.2) is 17.2 Å². The van der Waals surface area contributed by atoms with Crippen molar-refractivity contribution in [2.75, 3.05) is 27.3 Å². The molecular formula is C14H16FNO5. The quantitative estimate of drug-likeness (QED) is 0.902. The molecule has 0 radical (unpaired) electrons. The highest BCUT2D eigenvalue weighted by Crippen LogP contribution is 2.27. The van der Waals surface area contributed by atoms with E-state index < -0.39 is 17.4 Å². The number of hydrogen-bond acceptors (Lipinski definition) is 4. The SMILES string of the molecule is COc1cc(C(=O)N2CCC(OC)(C(=O)O)C2)ccc1F. The highest BCUT2D eigenvalue weighted by Gasteiger charge is 2.46. The number of amides is 1. The predicted octanol–water partition coefficient (Wildman–Crippen LogP) is 1.15. The van der Waals surface area contributed by atoms with Crippen LogP contribution in [0.25, 0.3) is 0 Å². The zero-order valence-corrected chi connectivity index (χ0v) is 11.8. The minimum Gasteiger partial charge on any atom is -0.494 e. The molecule has 0 spiro atoms. The molecule has 1 heterocycles. The molecule has 1 fully saturated rings. The molecule has 1 aromatic carbocycles. The van der Waals surface area contributed by atoms with Gasteiger partial charge < -0.3 is 19.5 Å². The van der Waals surface area contributed by atoms with Crippen molar-refractivity contribution in [3.8, 4) is 5.75 Å². The maximum Gasteiger partial charge on any atom is 0.337 e. The van der Waals surface area contributed by atoms with E-state index in [2.05, 4.69) is 0 Å². The number of benzene rings is 1. The topological polar surface area (TPSA) is 76.1 Å². The summed E-state index contributed by atoms with van der Waals surface area (Å²) in [6.45, 7) is 0.218. The third-order valence-electron chi connectivity index (χ3n) is 3.70. The first-order chi connectivity index (χ1) is 9.93. The molecule has 1 aromatic rings. The van der Waals surface area contributed by atoms with Crippen molar-refractivity contribution in [3.05, 3.63) is 29.6 Å². The molecular weight excluding hydrogens is 281 g/mol. The van der Waals surface area contributed by atoms with Crippen molar-refractivity contribution in [3.63, 3.8) is 0 Å². The fourth-order valence-electron chi connectivity index (χ4n) is 2.36. The number of halogens is 1. The summed E-state index contributed by atoms with van der Waals surface area (Å²) in [5.41, 5.74) is -1.13. The molecule has 114 valence electrons. The van der Waals surface area contributed by atoms with Crippen LogP contribution in [0.2, 0.25) is 0 Å². The Kier molecular flexibility index (Phi) is 4.13. The van der Waals surface area contributed by atoms with Crippen molar-refractivity contribution >= 4 is 11.9 Å². The van der Waals surface area contributed by atoms with E-state index in [4.69, 9.17) is 9.47 Å². The van der Waals surface area contributed by atoms with Gasteiger partial charge in [0.05, 0.1) is 13.7 Å². The van der Waals surface area contributed by atoms with E-state index in [-0.39, 0.29) is 36.7 Å². The van der Waals surface area contributed by atoms with Crippen LogP contribution in [-0.2, 0) is 9.53 Å². The average Bonchev–Trinajstić information content (AvgIpc) is 2.93. The number of carboxylic acid groups (broad SMARTS) is 1. The molecule has 7 heteroatoms. The Morgan fingerprint density at radius 3 is 2.62 bits per heavy atom. The van der Waals surface area contributed by atoms with Crippen LogP contribution < -0.4 is 4.74 Å². The first-order valence-electron chi connectivity index (χ1n) is 6.35. The number of hydrogen-bond donors (Lipinski definition) is 1. The fraction of sp³-hybridized carbons (Fsp3) is 0.429. The predicted molar refractivity (Wildman–Crippen MR) is 70.8 cm³/mol. The Morgan fingerprint density at radius 2 is 2.10 bits per heavy atom. The monoisotopic (exact) mass is 297 g/mol. The highest BCUT2D eigenvalue weighted by molar-refractivity contribution is 5.95. The summed E-state index contributed by atoms with van der Waals surface area (Å²) in [6, 6.07) is 3.78. The molecule has 1 unspecified atom stereocenters. The molecule has 0 aromatic heterocycles. The van der Waals surface area contributed by atoms with Crippen LogP contribution in [0.4, 0.5) is 4.39 Å². The zero-order valence-electron chi connectivity index (χ0n) is 11.8. The molecule has 6 nitrogen and oxygen atoms in total. The Morgan fingerprint density at radius 1 is 1.38 bits per heavy atom. The highest BCUT2D eigenvalue weighted by atomic mass is 19.1. The maximum atomic E-state index is 13.3. The molecule has 0 aliphatic carbocycles. The van der Waals surface area contributed by atoms with E-state index in [1.54, 1.807) is 0 Å². The summed E-state index contributed by atoms with van der Waals surface area (Å²) in [5, 5.41) is 9.22. The standard InChI is InChI=1S/C14H16FNO5/c1-20-11-7-9(3-4-10(11)15)12(17)16-6-5-14(8-16,21-2)13(18)19/h3-4,7H,5-6,8H2,1-2H3,(H,18,19). The second-order valence-corrected chi connectivity index (χ2v) is 4.83. The van der Waals surface area contributed by atoms with E-state index in [0.29, 0.717) is 0 Å². The molecule has 21 heavy (non-hydrogen) atoms. The summed E-state index contributed by atoms with van der Waals surface area (Å²) in [5.74, 6) is -2.08. The molecule has 1 N–H and O–H groups in total. The lowest BCUT2D eigenvalue weighted by atomic mass is 10.0. The first kappa shape index (κ1) is 15.2. The second-order valence-electron chi connectivity index (χ2n) is 4.83. The van der Waals surface area contributed by atoms with Crippen molar-refractivity contribution < 1.29 is 28.6 Å². The van der Waals surface area contributed by atoms with Crippen LogP contribution in [0.3, 0.4) is 0 Å². The van der Waals surface area contributed by atoms with Gasteiger partial charge in [0.2, 0.25) is 0 Å². The number of aliphatic carboxylic acids is 1. The van der Waals surface area contributed by atoms with E-state index in [1.807, 2.05) is 0 Å². The second kappa shape index (κ2) is 5.69. The number of methoxy groups -OCH3 is 2. The first-order valence-corrected chi connectivity index (χ1v) is 6.35. The number of carbonyl (C=O) groups is 2. The largest absolute Gasteiger partial charge is 0.494 e. The summed E-state index contributed by atoms with van der Waals surface area (Å²) >= 11 is 0. The summed E-state index contributed by atoms with van der Waals surface area (Å²) in [6.07, 6.45) is 0.211. The third kappa shape index (κ3) is 2.69. The number of rotatable bonds is 4. The van der Waals surface area contributed by atoms with Crippen LogP contribution in [0, 0.1) is 5.82 Å². The van der Waals surface area contributed by atoms with Gasteiger partial charge in [-0.25, -0.2) is 9.18 Å². The molecule has 1 amide bonds. The molecule has 2 rings (SSSR count). The van der Waals surface area contributed by atoms with E-state index >= 15 is 0 Å². The van der Waals surface area contributed by atoms with Crippen molar-refractivity contribution in [2.24, 2.45) is 0 Å². The van der Waals surface area contributed by atoms with Gasteiger partial charge in [-0.15, -0.1) is 0 Å². The summed E-state index contributed by atoms with van der Waals surface area (Å²) < 4.78 is 23.2. The van der Waals surface area contributed by atoms with E-state index in [0.717, 1.165) is 6.07 Å². The Labute approximate surface area is 121 Å². The number of carbonyl (C=O) groups excluding carboxylic acids is 1. The van der Waals surface area contributed by atoms with Crippen molar-refractivity contribution in [1.29, 1.82) is 0 Å². The third-order valence-corrected chi connectivity index (χ3v) is 3.70. The van der Waals surface area contributed by atoms with Gasteiger partial charge in [-0.3, -0.25) is 4.79 Å². The van der Waals surface area contributed by atoms with Gasteiger partial charge in [-0.2, -0.15) is 0 Å². The van der Waals surface area contributed by atoms with E-state index in [1.165, 1.54) is 31.3 Å². The van der Waals surface area contributed by atoms with Gasteiger partial charge >= 0.3 is 5.97 Å². The summed E-state index contributed by atoms with van der Waals surface area (Å²) in [7, 11) is 2.62. The van der Waals surface area contributed by atoms with Gasteiger partial charge in [0, 0.05) is 25.6 Å². The normalized spacial score (nSPS) is 21.4.